The number of ketones is 1. The van der Waals surface area contributed by atoms with Crippen LogP contribution >= 0.6 is 0 Å². The van der Waals surface area contributed by atoms with Crippen LogP contribution in [0, 0.1) is 11.8 Å². The van der Waals surface area contributed by atoms with Crippen molar-refractivity contribution in [2.24, 2.45) is 11.8 Å². The summed E-state index contributed by atoms with van der Waals surface area (Å²) in [7, 11) is 0. The maximum Gasteiger partial charge on any atom is 0.152 e. The molecule has 0 spiro atoms. The highest BCUT2D eigenvalue weighted by molar-refractivity contribution is 5.87. The first kappa shape index (κ1) is 11.2. The zero-order valence-electron chi connectivity index (χ0n) is 9.63. The monoisotopic (exact) mass is 192 g/mol. The molecule has 0 heterocycles. The van der Waals surface area contributed by atoms with E-state index in [1.54, 1.807) is 13.0 Å². The van der Waals surface area contributed by atoms with Crippen LogP contribution in [0.2, 0.25) is 0 Å². The standard InChI is InChI=1S/C13H20O/c1-9-5-6-10(2)13(12(9)4)8-7-11(3)14/h7-9,12H,5-6H2,1-4H3/b8-7+/t9-,12-/m1/s1. The molecule has 1 aliphatic carbocycles. The van der Waals surface area contributed by atoms with Gasteiger partial charge in [0.05, 0.1) is 0 Å². The fourth-order valence-corrected chi connectivity index (χ4v) is 2.03. The Morgan fingerprint density at radius 1 is 1.43 bits per heavy atom. The normalized spacial score (nSPS) is 28.6. The Balaban J connectivity index is 2.87. The first-order valence-electron chi connectivity index (χ1n) is 5.40. The molecule has 0 radical (unpaired) electrons. The number of allylic oxidation sites excluding steroid dienone is 4. The number of carbonyl (C=O) groups is 1. The highest BCUT2D eigenvalue weighted by Gasteiger charge is 2.21. The quantitative estimate of drug-likeness (QED) is 0.612. The number of hydrogen-bond acceptors (Lipinski definition) is 1. The molecule has 0 amide bonds. The lowest BCUT2D eigenvalue weighted by molar-refractivity contribution is -0.112. The summed E-state index contributed by atoms with van der Waals surface area (Å²) < 4.78 is 0. The van der Waals surface area contributed by atoms with E-state index < -0.39 is 0 Å². The Hall–Kier alpha value is -0.850. The number of hydrogen-bond donors (Lipinski definition) is 0. The van der Waals surface area contributed by atoms with Crippen LogP contribution in [0.15, 0.2) is 23.3 Å². The van der Waals surface area contributed by atoms with Crippen LogP contribution < -0.4 is 0 Å². The summed E-state index contributed by atoms with van der Waals surface area (Å²) in [5.74, 6) is 1.47. The van der Waals surface area contributed by atoms with Crippen molar-refractivity contribution < 1.29 is 4.79 Å². The van der Waals surface area contributed by atoms with Crippen molar-refractivity contribution in [3.63, 3.8) is 0 Å². The van der Waals surface area contributed by atoms with E-state index in [0.29, 0.717) is 5.92 Å². The summed E-state index contributed by atoms with van der Waals surface area (Å²) in [6.07, 6.45) is 6.17. The maximum atomic E-state index is 10.9. The van der Waals surface area contributed by atoms with Crippen molar-refractivity contribution in [1.82, 2.24) is 0 Å². The SMILES string of the molecule is CC(=O)/C=C/C1=C(C)CC[C@@H](C)[C@H]1C. The van der Waals surface area contributed by atoms with Gasteiger partial charge < -0.3 is 0 Å². The van der Waals surface area contributed by atoms with Crippen molar-refractivity contribution in [1.29, 1.82) is 0 Å². The Labute approximate surface area is 86.9 Å². The van der Waals surface area contributed by atoms with Crippen molar-refractivity contribution >= 4 is 5.78 Å². The summed E-state index contributed by atoms with van der Waals surface area (Å²) in [5.41, 5.74) is 2.83. The molecule has 0 bridgehead atoms. The molecular weight excluding hydrogens is 172 g/mol. The third-order valence-electron chi connectivity index (χ3n) is 3.31. The second kappa shape index (κ2) is 4.59. The topological polar surface area (TPSA) is 17.1 Å². The van der Waals surface area contributed by atoms with E-state index in [1.807, 2.05) is 6.08 Å². The van der Waals surface area contributed by atoms with Crippen LogP contribution in [-0.4, -0.2) is 5.78 Å². The molecule has 0 unspecified atom stereocenters. The van der Waals surface area contributed by atoms with Gasteiger partial charge in [0.15, 0.2) is 5.78 Å². The van der Waals surface area contributed by atoms with Gasteiger partial charge in [0, 0.05) is 0 Å². The lowest BCUT2D eigenvalue weighted by Crippen LogP contribution is -2.16. The molecule has 1 nitrogen and oxygen atoms in total. The Morgan fingerprint density at radius 3 is 2.64 bits per heavy atom. The van der Waals surface area contributed by atoms with Gasteiger partial charge >= 0.3 is 0 Å². The van der Waals surface area contributed by atoms with Gasteiger partial charge in [0.1, 0.15) is 0 Å². The van der Waals surface area contributed by atoms with E-state index in [1.165, 1.54) is 24.0 Å². The van der Waals surface area contributed by atoms with Crippen molar-refractivity contribution in [2.75, 3.05) is 0 Å². The first-order valence-corrected chi connectivity index (χ1v) is 5.40. The minimum absolute atomic E-state index is 0.135. The molecule has 0 fully saturated rings. The molecule has 0 aromatic heterocycles. The maximum absolute atomic E-state index is 10.9. The highest BCUT2D eigenvalue weighted by atomic mass is 16.1. The fourth-order valence-electron chi connectivity index (χ4n) is 2.03. The molecule has 1 heteroatoms. The van der Waals surface area contributed by atoms with Crippen LogP contribution in [-0.2, 0) is 4.79 Å². The summed E-state index contributed by atoms with van der Waals surface area (Å²) in [6.45, 7) is 8.33. The smallest absolute Gasteiger partial charge is 0.152 e. The van der Waals surface area contributed by atoms with E-state index >= 15 is 0 Å². The lowest BCUT2D eigenvalue weighted by Gasteiger charge is -2.28. The molecule has 0 aliphatic heterocycles. The molecule has 78 valence electrons. The molecular formula is C13H20O. The molecule has 1 rings (SSSR count). The van der Waals surface area contributed by atoms with Crippen LogP contribution in [0.4, 0.5) is 0 Å². The predicted molar refractivity (Wildman–Crippen MR) is 60.1 cm³/mol. The van der Waals surface area contributed by atoms with E-state index in [0.717, 1.165) is 5.92 Å². The third kappa shape index (κ3) is 2.57. The Bertz CT molecular complexity index is 284. The van der Waals surface area contributed by atoms with Gasteiger partial charge in [0.2, 0.25) is 0 Å². The summed E-state index contributed by atoms with van der Waals surface area (Å²) in [5, 5.41) is 0. The summed E-state index contributed by atoms with van der Waals surface area (Å²) in [4.78, 5) is 10.9. The Morgan fingerprint density at radius 2 is 2.07 bits per heavy atom. The average molecular weight is 192 g/mol. The van der Waals surface area contributed by atoms with Gasteiger partial charge in [-0.2, -0.15) is 0 Å². The average Bonchev–Trinajstić information content (AvgIpc) is 2.11. The predicted octanol–water partition coefficient (Wildman–Crippen LogP) is 3.51. The highest BCUT2D eigenvalue weighted by Crippen LogP contribution is 2.34. The molecule has 14 heavy (non-hydrogen) atoms. The minimum Gasteiger partial charge on any atom is -0.295 e. The van der Waals surface area contributed by atoms with Crippen LogP contribution in [0.25, 0.3) is 0 Å². The largest absolute Gasteiger partial charge is 0.295 e. The summed E-state index contributed by atoms with van der Waals surface area (Å²) in [6, 6.07) is 0. The fraction of sp³-hybridized carbons (Fsp3) is 0.615. The molecule has 2 atom stereocenters. The Kier molecular flexibility index (Phi) is 3.68. The van der Waals surface area contributed by atoms with Crippen LogP contribution in [0.3, 0.4) is 0 Å². The molecule has 0 aromatic carbocycles. The molecule has 0 N–H and O–H groups in total. The van der Waals surface area contributed by atoms with Crippen LogP contribution in [0.1, 0.15) is 40.5 Å². The molecule has 0 saturated carbocycles. The van der Waals surface area contributed by atoms with E-state index in [2.05, 4.69) is 20.8 Å². The van der Waals surface area contributed by atoms with Gasteiger partial charge in [0.25, 0.3) is 0 Å². The zero-order chi connectivity index (χ0) is 10.7. The van der Waals surface area contributed by atoms with Gasteiger partial charge in [-0.25, -0.2) is 0 Å². The van der Waals surface area contributed by atoms with E-state index in [9.17, 15) is 4.79 Å². The van der Waals surface area contributed by atoms with Gasteiger partial charge in [-0.15, -0.1) is 0 Å². The van der Waals surface area contributed by atoms with Gasteiger partial charge in [-0.05, 0) is 50.2 Å². The first-order chi connectivity index (χ1) is 6.52. The van der Waals surface area contributed by atoms with Crippen molar-refractivity contribution in [3.8, 4) is 0 Å². The third-order valence-corrected chi connectivity index (χ3v) is 3.31. The molecule has 0 saturated heterocycles. The van der Waals surface area contributed by atoms with Gasteiger partial charge in [-0.1, -0.05) is 25.5 Å². The van der Waals surface area contributed by atoms with Crippen LogP contribution in [0.5, 0.6) is 0 Å². The van der Waals surface area contributed by atoms with Crippen molar-refractivity contribution in [3.05, 3.63) is 23.3 Å². The van der Waals surface area contributed by atoms with E-state index in [-0.39, 0.29) is 5.78 Å². The second-order valence-corrected chi connectivity index (χ2v) is 4.48. The summed E-state index contributed by atoms with van der Waals surface area (Å²) >= 11 is 0. The zero-order valence-corrected chi connectivity index (χ0v) is 9.63. The molecule has 0 aromatic rings. The van der Waals surface area contributed by atoms with E-state index in [4.69, 9.17) is 0 Å². The number of carbonyl (C=O) groups excluding carboxylic acids is 1. The second-order valence-electron chi connectivity index (χ2n) is 4.48. The minimum atomic E-state index is 0.135. The number of rotatable bonds is 2. The molecule has 1 aliphatic rings. The lowest BCUT2D eigenvalue weighted by atomic mass is 9.77. The van der Waals surface area contributed by atoms with Crippen molar-refractivity contribution in [2.45, 2.75) is 40.5 Å². The van der Waals surface area contributed by atoms with Gasteiger partial charge in [-0.3, -0.25) is 4.79 Å².